The Balaban J connectivity index is 1.46. The lowest BCUT2D eigenvalue weighted by atomic mass is 10.2. The molecule has 2 N–H and O–H groups in total. The number of halogens is 3. The fourth-order valence-corrected chi connectivity index (χ4v) is 3.62. The molecule has 0 bridgehead atoms. The largest absolute Gasteiger partial charge is 0.346 e. The maximum absolute atomic E-state index is 13.5. The van der Waals surface area contributed by atoms with Crippen LogP contribution >= 0.6 is 11.3 Å². The van der Waals surface area contributed by atoms with Gasteiger partial charge in [0, 0.05) is 0 Å². The molecule has 0 spiro atoms. The minimum atomic E-state index is -1.68. The first kappa shape index (κ1) is 20.7. The van der Waals surface area contributed by atoms with Gasteiger partial charge in [0.25, 0.3) is 0 Å². The van der Waals surface area contributed by atoms with Crippen molar-refractivity contribution in [3.63, 3.8) is 0 Å². The number of para-hydroxylation sites is 1. The second-order valence-electron chi connectivity index (χ2n) is 6.30. The normalized spacial score (nSPS) is 11.1. The zero-order valence-corrected chi connectivity index (χ0v) is 16.2. The highest BCUT2D eigenvalue weighted by atomic mass is 32.1. The van der Waals surface area contributed by atoms with Gasteiger partial charge in [-0.3, -0.25) is 14.5 Å². The van der Waals surface area contributed by atoms with Crippen LogP contribution in [0.5, 0.6) is 0 Å². The molecule has 1 heterocycles. The molecule has 0 saturated carbocycles. The first-order valence-corrected chi connectivity index (χ1v) is 9.38. The van der Waals surface area contributed by atoms with Crippen LogP contribution in [0.25, 0.3) is 10.2 Å². The number of hydrogen-bond donors (Lipinski definition) is 2. The quantitative estimate of drug-likeness (QED) is 0.575. The van der Waals surface area contributed by atoms with E-state index in [1.165, 1.54) is 11.3 Å². The fraction of sp³-hybridized carbons (Fsp3) is 0.211. The highest BCUT2D eigenvalue weighted by Gasteiger charge is 2.16. The molecule has 3 aromatic rings. The van der Waals surface area contributed by atoms with Gasteiger partial charge in [0.2, 0.25) is 11.8 Å². The van der Waals surface area contributed by atoms with Crippen LogP contribution in [-0.4, -0.2) is 41.8 Å². The number of likely N-dealkylation sites (N-methyl/N-ethyl adjacent to an activating group) is 1. The molecule has 0 aliphatic heterocycles. The third kappa shape index (κ3) is 5.30. The van der Waals surface area contributed by atoms with E-state index < -0.39 is 41.5 Å². The third-order valence-electron chi connectivity index (χ3n) is 3.91. The van der Waals surface area contributed by atoms with Crippen molar-refractivity contribution in [1.29, 1.82) is 0 Å². The number of nitrogens with zero attached hydrogens (tertiary/aromatic N) is 2. The smallest absolute Gasteiger partial charge is 0.243 e. The molecule has 0 atom stereocenters. The van der Waals surface area contributed by atoms with Crippen molar-refractivity contribution in [3.05, 3.63) is 58.9 Å². The van der Waals surface area contributed by atoms with Crippen molar-refractivity contribution >= 4 is 39.1 Å². The van der Waals surface area contributed by atoms with E-state index in [2.05, 4.69) is 15.6 Å². The number of carbonyl (C=O) groups excluding carboxylic acids is 2. The van der Waals surface area contributed by atoms with Gasteiger partial charge < -0.3 is 10.6 Å². The number of fused-ring (bicyclic) bond motifs is 1. The molecular formula is C19H17F3N4O2S. The molecule has 10 heteroatoms. The summed E-state index contributed by atoms with van der Waals surface area (Å²) in [6, 6.07) is 9.32. The Kier molecular flexibility index (Phi) is 6.45. The summed E-state index contributed by atoms with van der Waals surface area (Å²) >= 11 is 1.53. The van der Waals surface area contributed by atoms with E-state index in [4.69, 9.17) is 0 Å². The van der Waals surface area contributed by atoms with Gasteiger partial charge in [-0.15, -0.1) is 11.3 Å². The summed E-state index contributed by atoms with van der Waals surface area (Å²) < 4.78 is 40.7. The highest BCUT2D eigenvalue weighted by molar-refractivity contribution is 7.18. The van der Waals surface area contributed by atoms with Crippen LogP contribution in [0.2, 0.25) is 0 Å². The van der Waals surface area contributed by atoms with E-state index in [1.807, 2.05) is 24.3 Å². The highest BCUT2D eigenvalue weighted by Crippen LogP contribution is 2.22. The minimum Gasteiger partial charge on any atom is -0.346 e. The number of rotatable bonds is 7. The van der Waals surface area contributed by atoms with Crippen molar-refractivity contribution in [2.24, 2.45) is 0 Å². The van der Waals surface area contributed by atoms with Gasteiger partial charge in [-0.05, 0) is 31.3 Å². The standard InChI is InChI=1S/C19H17F3N4O2S/c1-26(10-17-25-12-4-2-3-5-14(12)29-17)9-16(28)23-8-15(27)24-13-7-6-11(20)18(21)19(13)22/h2-7H,8-10H2,1H3,(H,23,28)(H,24,27). The van der Waals surface area contributed by atoms with Crippen molar-refractivity contribution in [2.75, 3.05) is 25.5 Å². The van der Waals surface area contributed by atoms with Gasteiger partial charge in [0.05, 0.1) is 35.5 Å². The van der Waals surface area contributed by atoms with Gasteiger partial charge in [-0.25, -0.2) is 18.2 Å². The van der Waals surface area contributed by atoms with Crippen LogP contribution in [0, 0.1) is 17.5 Å². The van der Waals surface area contributed by atoms with Crippen LogP contribution in [0.3, 0.4) is 0 Å². The molecule has 2 aromatic carbocycles. The van der Waals surface area contributed by atoms with E-state index in [9.17, 15) is 22.8 Å². The second-order valence-corrected chi connectivity index (χ2v) is 7.41. The molecular weight excluding hydrogens is 405 g/mol. The Labute approximate surface area is 168 Å². The molecule has 29 heavy (non-hydrogen) atoms. The van der Waals surface area contributed by atoms with Gasteiger partial charge in [0.15, 0.2) is 17.5 Å². The molecule has 0 unspecified atom stereocenters. The number of anilines is 1. The second kappa shape index (κ2) is 9.01. The summed E-state index contributed by atoms with van der Waals surface area (Å²) in [5, 5.41) is 5.33. The first-order chi connectivity index (χ1) is 13.8. The lowest BCUT2D eigenvalue weighted by molar-refractivity contribution is -0.124. The molecule has 0 saturated heterocycles. The molecule has 0 aliphatic rings. The average Bonchev–Trinajstić information content (AvgIpc) is 3.09. The van der Waals surface area contributed by atoms with E-state index in [0.717, 1.165) is 21.3 Å². The number of thiazole rings is 1. The number of aromatic nitrogens is 1. The number of benzene rings is 2. The maximum atomic E-state index is 13.5. The van der Waals surface area contributed by atoms with Crippen molar-refractivity contribution in [1.82, 2.24) is 15.2 Å². The zero-order valence-electron chi connectivity index (χ0n) is 15.3. The van der Waals surface area contributed by atoms with Gasteiger partial charge in [-0.2, -0.15) is 0 Å². The van der Waals surface area contributed by atoms with Crippen molar-refractivity contribution < 1.29 is 22.8 Å². The van der Waals surface area contributed by atoms with Gasteiger partial charge >= 0.3 is 0 Å². The monoisotopic (exact) mass is 422 g/mol. The van der Waals surface area contributed by atoms with Crippen molar-refractivity contribution in [2.45, 2.75) is 6.54 Å². The van der Waals surface area contributed by atoms with Gasteiger partial charge in [-0.1, -0.05) is 12.1 Å². The molecule has 0 fully saturated rings. The van der Waals surface area contributed by atoms with Gasteiger partial charge in [0.1, 0.15) is 5.01 Å². The van der Waals surface area contributed by atoms with Crippen LogP contribution in [0.4, 0.5) is 18.9 Å². The molecule has 2 amide bonds. The summed E-state index contributed by atoms with van der Waals surface area (Å²) in [6.07, 6.45) is 0. The topological polar surface area (TPSA) is 74.3 Å². The number of nitrogens with one attached hydrogen (secondary N) is 2. The molecule has 0 radical (unpaired) electrons. The third-order valence-corrected chi connectivity index (χ3v) is 4.93. The van der Waals surface area contributed by atoms with Crippen molar-refractivity contribution in [3.8, 4) is 0 Å². The summed E-state index contributed by atoms with van der Waals surface area (Å²) in [7, 11) is 1.74. The number of carbonyl (C=O) groups is 2. The summed E-state index contributed by atoms with van der Waals surface area (Å²) in [5.41, 5.74) is 0.391. The summed E-state index contributed by atoms with van der Waals surface area (Å²) in [6.45, 7) is 0.0357. The zero-order chi connectivity index (χ0) is 21.0. The molecule has 0 aliphatic carbocycles. The molecule has 152 valence electrons. The fourth-order valence-electron chi connectivity index (χ4n) is 2.57. The average molecular weight is 422 g/mol. The van der Waals surface area contributed by atoms with E-state index in [1.54, 1.807) is 11.9 Å². The Morgan fingerprint density at radius 2 is 1.83 bits per heavy atom. The van der Waals surface area contributed by atoms with Crippen LogP contribution < -0.4 is 10.6 Å². The Morgan fingerprint density at radius 1 is 1.07 bits per heavy atom. The van der Waals surface area contributed by atoms with Crippen LogP contribution in [0.1, 0.15) is 5.01 Å². The number of amides is 2. The lowest BCUT2D eigenvalue weighted by Crippen LogP contribution is -2.39. The molecule has 6 nitrogen and oxygen atoms in total. The number of hydrogen-bond acceptors (Lipinski definition) is 5. The molecule has 3 rings (SSSR count). The predicted octanol–water partition coefficient (Wildman–Crippen LogP) is 2.90. The SMILES string of the molecule is CN(CC(=O)NCC(=O)Nc1ccc(F)c(F)c1F)Cc1nc2ccccc2s1. The maximum Gasteiger partial charge on any atom is 0.243 e. The van der Waals surface area contributed by atoms with E-state index in [-0.39, 0.29) is 6.54 Å². The Morgan fingerprint density at radius 3 is 2.59 bits per heavy atom. The Hall–Kier alpha value is -2.98. The van der Waals surface area contributed by atoms with E-state index >= 15 is 0 Å². The van der Waals surface area contributed by atoms with Crippen LogP contribution in [-0.2, 0) is 16.1 Å². The first-order valence-electron chi connectivity index (χ1n) is 8.56. The van der Waals surface area contributed by atoms with E-state index in [0.29, 0.717) is 12.6 Å². The molecule has 1 aromatic heterocycles. The lowest BCUT2D eigenvalue weighted by Gasteiger charge is -2.14. The summed E-state index contributed by atoms with van der Waals surface area (Å²) in [4.78, 5) is 30.0. The van der Waals surface area contributed by atoms with Crippen LogP contribution in [0.15, 0.2) is 36.4 Å². The summed E-state index contributed by atoms with van der Waals surface area (Å²) in [5.74, 6) is -5.72. The predicted molar refractivity (Wildman–Crippen MR) is 104 cm³/mol. The minimum absolute atomic E-state index is 0.0166. The Bertz CT molecular complexity index is 1020.